The van der Waals surface area contributed by atoms with Crippen LogP contribution in [0.5, 0.6) is 0 Å². The predicted molar refractivity (Wildman–Crippen MR) is 74.8 cm³/mol. The molecule has 0 aliphatic heterocycles. The average molecular weight is 372 g/mol. The van der Waals surface area contributed by atoms with Crippen LogP contribution in [-0.4, -0.2) is 27.2 Å². The third kappa shape index (κ3) is 3.64. The Labute approximate surface area is 112 Å². The Hall–Kier alpha value is -0.270. The van der Waals surface area contributed by atoms with E-state index in [9.17, 15) is 8.42 Å². The molecule has 1 aromatic carbocycles. The van der Waals surface area contributed by atoms with Gasteiger partial charge in [-0.3, -0.25) is 4.72 Å². The van der Waals surface area contributed by atoms with Gasteiger partial charge in [0.15, 0.2) is 0 Å². The Kier molecular flexibility index (Phi) is 4.63. The molecule has 1 aromatic rings. The van der Waals surface area contributed by atoms with E-state index < -0.39 is 10.0 Å². The third-order valence-electron chi connectivity index (χ3n) is 1.85. The normalized spacial score (nSPS) is 11.2. The second-order valence-corrected chi connectivity index (χ2v) is 7.32. The van der Waals surface area contributed by atoms with Crippen LogP contribution >= 0.6 is 31.9 Å². The van der Waals surface area contributed by atoms with Crippen molar-refractivity contribution in [3.8, 4) is 0 Å². The number of nitrogens with zero attached hydrogens (tertiary/aromatic N) is 1. The van der Waals surface area contributed by atoms with Crippen LogP contribution in [0.3, 0.4) is 0 Å². The lowest BCUT2D eigenvalue weighted by atomic mass is 10.2. The van der Waals surface area contributed by atoms with Gasteiger partial charge in [0, 0.05) is 18.6 Å². The Bertz CT molecular complexity index is 474. The highest BCUT2D eigenvalue weighted by atomic mass is 79.9. The smallest absolute Gasteiger partial charge is 0.242 e. The number of hydrogen-bond acceptors (Lipinski definition) is 3. The van der Waals surface area contributed by atoms with Crippen molar-refractivity contribution >= 4 is 53.3 Å². The van der Waals surface area contributed by atoms with Crippen molar-refractivity contribution in [2.75, 3.05) is 28.4 Å². The van der Waals surface area contributed by atoms with Gasteiger partial charge in [0.2, 0.25) is 10.0 Å². The van der Waals surface area contributed by atoms with Crippen molar-refractivity contribution in [2.45, 2.75) is 0 Å². The van der Waals surface area contributed by atoms with Crippen molar-refractivity contribution in [3.05, 3.63) is 22.7 Å². The molecule has 0 atom stereocenters. The van der Waals surface area contributed by atoms with Gasteiger partial charge in [0.25, 0.3) is 0 Å². The highest BCUT2D eigenvalue weighted by Crippen LogP contribution is 2.28. The van der Waals surface area contributed by atoms with Crippen molar-refractivity contribution in [1.29, 1.82) is 0 Å². The predicted octanol–water partition coefficient (Wildman–Crippen LogP) is 2.61. The van der Waals surface area contributed by atoms with Gasteiger partial charge in [-0.15, -0.1) is 0 Å². The second-order valence-electron chi connectivity index (χ2n) is 3.38. The molecule has 0 saturated heterocycles. The van der Waals surface area contributed by atoms with E-state index in [-0.39, 0.29) is 4.66 Å². The van der Waals surface area contributed by atoms with Crippen LogP contribution in [0.25, 0.3) is 0 Å². The van der Waals surface area contributed by atoms with Crippen LogP contribution in [-0.2, 0) is 10.0 Å². The number of nitrogens with one attached hydrogen (secondary N) is 1. The summed E-state index contributed by atoms with van der Waals surface area (Å²) in [5.41, 5.74) is 1.37. The summed E-state index contributed by atoms with van der Waals surface area (Å²) in [6.07, 6.45) is 0. The fraction of sp³-hybridized carbons (Fsp3) is 0.333. The molecule has 0 saturated carbocycles. The summed E-state index contributed by atoms with van der Waals surface area (Å²) in [6, 6.07) is 5.44. The van der Waals surface area contributed by atoms with E-state index in [1.165, 1.54) is 0 Å². The first kappa shape index (κ1) is 13.8. The van der Waals surface area contributed by atoms with E-state index >= 15 is 0 Å². The zero-order chi connectivity index (χ0) is 12.3. The maximum atomic E-state index is 11.5. The number of hydrogen-bond donors (Lipinski definition) is 1. The molecule has 0 amide bonds. The summed E-state index contributed by atoms with van der Waals surface area (Å²) in [4.78, 5) is 1.85. The van der Waals surface area contributed by atoms with E-state index in [0.717, 1.165) is 10.2 Å². The number of rotatable bonds is 4. The molecule has 0 fully saturated rings. The van der Waals surface area contributed by atoms with Gasteiger partial charge in [0.05, 0.1) is 11.4 Å². The van der Waals surface area contributed by atoms with Gasteiger partial charge in [-0.05, 0) is 18.2 Å². The first-order valence-electron chi connectivity index (χ1n) is 4.39. The monoisotopic (exact) mass is 370 g/mol. The van der Waals surface area contributed by atoms with E-state index in [0.29, 0.717) is 5.69 Å². The Morgan fingerprint density at radius 3 is 2.50 bits per heavy atom. The minimum absolute atomic E-state index is 0.126. The standard InChI is InChI=1S/C9H12Br2N2O2S/c1-13(2)9-4-3-7(11)5-8(9)12-16(14,15)6-10/h3-5,12H,6H2,1-2H3. The minimum Gasteiger partial charge on any atom is -0.376 e. The Morgan fingerprint density at radius 2 is 2.00 bits per heavy atom. The molecule has 0 aromatic heterocycles. The molecule has 0 radical (unpaired) electrons. The molecule has 0 spiro atoms. The van der Waals surface area contributed by atoms with Gasteiger partial charge in [-0.1, -0.05) is 31.9 Å². The van der Waals surface area contributed by atoms with Crippen molar-refractivity contribution in [1.82, 2.24) is 0 Å². The van der Waals surface area contributed by atoms with Crippen molar-refractivity contribution in [2.24, 2.45) is 0 Å². The maximum Gasteiger partial charge on any atom is 0.242 e. The molecule has 0 bridgehead atoms. The number of alkyl halides is 1. The van der Waals surface area contributed by atoms with Crippen LogP contribution in [0.4, 0.5) is 11.4 Å². The molecule has 90 valence electrons. The average Bonchev–Trinajstić information content (AvgIpc) is 2.16. The topological polar surface area (TPSA) is 49.4 Å². The summed E-state index contributed by atoms with van der Waals surface area (Å²) < 4.78 is 26.1. The van der Waals surface area contributed by atoms with Crippen LogP contribution in [0.2, 0.25) is 0 Å². The number of halogens is 2. The number of sulfonamides is 1. The van der Waals surface area contributed by atoms with E-state index in [2.05, 4.69) is 36.6 Å². The zero-order valence-corrected chi connectivity index (χ0v) is 12.9. The van der Waals surface area contributed by atoms with Gasteiger partial charge in [-0.25, -0.2) is 8.42 Å². The van der Waals surface area contributed by atoms with Gasteiger partial charge in [0.1, 0.15) is 4.66 Å². The summed E-state index contributed by atoms with van der Waals surface area (Å²) in [6.45, 7) is 0. The summed E-state index contributed by atoms with van der Waals surface area (Å²) >= 11 is 6.24. The molecule has 1 N–H and O–H groups in total. The van der Waals surface area contributed by atoms with Gasteiger partial charge < -0.3 is 4.90 Å². The molecule has 0 heterocycles. The second kappa shape index (κ2) is 5.37. The van der Waals surface area contributed by atoms with E-state index in [4.69, 9.17) is 0 Å². The molecule has 0 unspecified atom stereocenters. The van der Waals surface area contributed by atoms with E-state index in [1.807, 2.05) is 31.1 Å². The lowest BCUT2D eigenvalue weighted by Gasteiger charge is -2.18. The third-order valence-corrected chi connectivity index (χ3v) is 4.97. The first-order valence-corrected chi connectivity index (χ1v) is 7.96. The molecular formula is C9H12Br2N2O2S. The van der Waals surface area contributed by atoms with E-state index in [1.54, 1.807) is 6.07 Å². The molecular weight excluding hydrogens is 360 g/mol. The fourth-order valence-corrected chi connectivity index (χ4v) is 2.43. The lowest BCUT2D eigenvalue weighted by Crippen LogP contribution is -2.17. The SMILES string of the molecule is CN(C)c1ccc(Br)cc1NS(=O)(=O)CBr. The highest BCUT2D eigenvalue weighted by molar-refractivity contribution is 9.11. The Morgan fingerprint density at radius 1 is 1.38 bits per heavy atom. The van der Waals surface area contributed by atoms with Gasteiger partial charge in [-0.2, -0.15) is 0 Å². The molecule has 0 aliphatic carbocycles. The molecule has 16 heavy (non-hydrogen) atoms. The zero-order valence-electron chi connectivity index (χ0n) is 8.87. The number of benzene rings is 1. The summed E-state index contributed by atoms with van der Waals surface area (Å²) in [7, 11) is 0.386. The fourth-order valence-electron chi connectivity index (χ4n) is 1.17. The van der Waals surface area contributed by atoms with Crippen molar-refractivity contribution < 1.29 is 8.42 Å². The molecule has 4 nitrogen and oxygen atoms in total. The minimum atomic E-state index is -3.33. The molecule has 1 rings (SSSR count). The van der Waals surface area contributed by atoms with Crippen LogP contribution in [0, 0.1) is 0 Å². The highest BCUT2D eigenvalue weighted by Gasteiger charge is 2.12. The quantitative estimate of drug-likeness (QED) is 0.827. The Balaban J connectivity index is 3.16. The summed E-state index contributed by atoms with van der Waals surface area (Å²) in [5, 5.41) is 0. The maximum absolute atomic E-state index is 11.5. The largest absolute Gasteiger partial charge is 0.376 e. The van der Waals surface area contributed by atoms with Crippen molar-refractivity contribution in [3.63, 3.8) is 0 Å². The number of anilines is 2. The molecule has 7 heteroatoms. The molecule has 0 aliphatic rings. The van der Waals surface area contributed by atoms with Gasteiger partial charge >= 0.3 is 0 Å². The first-order chi connectivity index (χ1) is 7.35. The van der Waals surface area contributed by atoms with Crippen LogP contribution < -0.4 is 9.62 Å². The van der Waals surface area contributed by atoms with Crippen LogP contribution in [0.15, 0.2) is 22.7 Å². The summed E-state index contributed by atoms with van der Waals surface area (Å²) in [5.74, 6) is 0. The van der Waals surface area contributed by atoms with Crippen LogP contribution in [0.1, 0.15) is 0 Å². The lowest BCUT2D eigenvalue weighted by molar-refractivity contribution is 0.606.